The Balaban J connectivity index is 2.42. The summed E-state index contributed by atoms with van der Waals surface area (Å²) in [5.41, 5.74) is 1.12. The number of unbranched alkanes of at least 4 members (excludes halogenated alkanes) is 1. The van der Waals surface area contributed by atoms with Gasteiger partial charge in [-0.25, -0.2) is 0 Å². The standard InChI is InChI=1S/C15H22BrNO2/c1-3-19-14-9-7-13(8-10-14)12-17(2)15(18)6-4-5-11-16/h7-10H,3-6,11-12H2,1-2H3. The van der Waals surface area contributed by atoms with Crippen LogP contribution in [-0.2, 0) is 11.3 Å². The van der Waals surface area contributed by atoms with Gasteiger partial charge in [0, 0.05) is 25.3 Å². The van der Waals surface area contributed by atoms with Crippen molar-refractivity contribution in [1.82, 2.24) is 4.90 Å². The fraction of sp³-hybridized carbons (Fsp3) is 0.533. The molecule has 0 heterocycles. The SMILES string of the molecule is CCOc1ccc(CN(C)C(=O)CCCCBr)cc1. The molecular formula is C15H22BrNO2. The molecule has 0 saturated carbocycles. The zero-order valence-electron chi connectivity index (χ0n) is 11.7. The lowest BCUT2D eigenvalue weighted by Crippen LogP contribution is -2.25. The van der Waals surface area contributed by atoms with Crippen LogP contribution in [0.1, 0.15) is 31.7 Å². The largest absolute Gasteiger partial charge is 0.494 e. The summed E-state index contributed by atoms with van der Waals surface area (Å²) >= 11 is 3.37. The van der Waals surface area contributed by atoms with Gasteiger partial charge >= 0.3 is 0 Å². The van der Waals surface area contributed by atoms with Crippen molar-refractivity contribution in [2.24, 2.45) is 0 Å². The van der Waals surface area contributed by atoms with Gasteiger partial charge in [0.2, 0.25) is 5.91 Å². The van der Waals surface area contributed by atoms with Gasteiger partial charge in [0.25, 0.3) is 0 Å². The fourth-order valence-corrected chi connectivity index (χ4v) is 2.18. The van der Waals surface area contributed by atoms with Crippen LogP contribution in [0.2, 0.25) is 0 Å². The Morgan fingerprint density at radius 3 is 2.53 bits per heavy atom. The number of carbonyl (C=O) groups is 1. The van der Waals surface area contributed by atoms with Gasteiger partial charge in [-0.2, -0.15) is 0 Å². The van der Waals surface area contributed by atoms with Gasteiger partial charge in [0.1, 0.15) is 5.75 Å². The van der Waals surface area contributed by atoms with E-state index in [4.69, 9.17) is 4.74 Å². The molecule has 0 saturated heterocycles. The molecule has 0 aromatic heterocycles. The maximum absolute atomic E-state index is 11.9. The van der Waals surface area contributed by atoms with Gasteiger partial charge in [0.15, 0.2) is 0 Å². The third kappa shape index (κ3) is 6.10. The molecule has 0 aliphatic carbocycles. The van der Waals surface area contributed by atoms with Gasteiger partial charge in [-0.05, 0) is 37.5 Å². The molecule has 19 heavy (non-hydrogen) atoms. The molecule has 0 bridgehead atoms. The predicted octanol–water partition coefficient (Wildman–Crippen LogP) is 3.61. The van der Waals surface area contributed by atoms with Gasteiger partial charge in [-0.15, -0.1) is 0 Å². The monoisotopic (exact) mass is 327 g/mol. The number of rotatable bonds is 8. The molecule has 0 aliphatic rings. The average molecular weight is 328 g/mol. The van der Waals surface area contributed by atoms with Crippen molar-refractivity contribution in [1.29, 1.82) is 0 Å². The lowest BCUT2D eigenvalue weighted by Gasteiger charge is -2.17. The van der Waals surface area contributed by atoms with Crippen molar-refractivity contribution < 1.29 is 9.53 Å². The second-order valence-electron chi connectivity index (χ2n) is 4.47. The first-order chi connectivity index (χ1) is 9.17. The molecule has 106 valence electrons. The summed E-state index contributed by atoms with van der Waals surface area (Å²) in [6.45, 7) is 3.29. The molecule has 0 unspecified atom stereocenters. The molecule has 1 rings (SSSR count). The van der Waals surface area contributed by atoms with Crippen molar-refractivity contribution in [2.45, 2.75) is 32.7 Å². The van der Waals surface area contributed by atoms with Crippen LogP contribution >= 0.6 is 15.9 Å². The second-order valence-corrected chi connectivity index (χ2v) is 5.27. The highest BCUT2D eigenvalue weighted by atomic mass is 79.9. The van der Waals surface area contributed by atoms with Crippen molar-refractivity contribution in [3.05, 3.63) is 29.8 Å². The molecule has 3 nitrogen and oxygen atoms in total. The van der Waals surface area contributed by atoms with Crippen LogP contribution in [-0.4, -0.2) is 29.8 Å². The maximum atomic E-state index is 11.9. The van der Waals surface area contributed by atoms with Crippen molar-refractivity contribution in [2.75, 3.05) is 19.0 Å². The summed E-state index contributed by atoms with van der Waals surface area (Å²) < 4.78 is 5.39. The number of amides is 1. The molecule has 1 aromatic carbocycles. The van der Waals surface area contributed by atoms with Crippen molar-refractivity contribution in [3.8, 4) is 5.75 Å². The number of alkyl halides is 1. The van der Waals surface area contributed by atoms with Crippen LogP contribution < -0.4 is 4.74 Å². The zero-order valence-corrected chi connectivity index (χ0v) is 13.3. The molecule has 0 N–H and O–H groups in total. The third-order valence-corrected chi connectivity index (χ3v) is 3.41. The van der Waals surface area contributed by atoms with Crippen LogP contribution in [0.4, 0.5) is 0 Å². The number of benzene rings is 1. The quantitative estimate of drug-likeness (QED) is 0.539. The number of ether oxygens (including phenoxy) is 1. The molecule has 1 aromatic rings. The molecule has 1 amide bonds. The Morgan fingerprint density at radius 2 is 1.95 bits per heavy atom. The van der Waals surface area contributed by atoms with E-state index in [1.54, 1.807) is 4.90 Å². The summed E-state index contributed by atoms with van der Waals surface area (Å²) in [6.07, 6.45) is 2.61. The molecule has 0 spiro atoms. The van der Waals surface area contributed by atoms with Crippen LogP contribution in [0.3, 0.4) is 0 Å². The van der Waals surface area contributed by atoms with Crippen LogP contribution in [0.15, 0.2) is 24.3 Å². The highest BCUT2D eigenvalue weighted by Crippen LogP contribution is 2.14. The lowest BCUT2D eigenvalue weighted by molar-refractivity contribution is -0.130. The van der Waals surface area contributed by atoms with Gasteiger partial charge in [0.05, 0.1) is 6.61 Å². The van der Waals surface area contributed by atoms with E-state index < -0.39 is 0 Å². The van der Waals surface area contributed by atoms with Crippen molar-refractivity contribution in [3.63, 3.8) is 0 Å². The first-order valence-corrected chi connectivity index (χ1v) is 7.81. The molecule has 0 fully saturated rings. The minimum Gasteiger partial charge on any atom is -0.494 e. The van der Waals surface area contributed by atoms with E-state index in [0.717, 1.165) is 29.5 Å². The smallest absolute Gasteiger partial charge is 0.222 e. The van der Waals surface area contributed by atoms with E-state index in [-0.39, 0.29) is 5.91 Å². The normalized spacial score (nSPS) is 10.3. The second kappa shape index (κ2) is 8.97. The van der Waals surface area contributed by atoms with Crippen LogP contribution in [0, 0.1) is 0 Å². The highest BCUT2D eigenvalue weighted by molar-refractivity contribution is 9.09. The molecule has 4 heteroatoms. The summed E-state index contributed by atoms with van der Waals surface area (Å²) in [4.78, 5) is 13.7. The maximum Gasteiger partial charge on any atom is 0.222 e. The van der Waals surface area contributed by atoms with Gasteiger partial charge in [-0.3, -0.25) is 4.79 Å². The summed E-state index contributed by atoms with van der Waals surface area (Å²) in [7, 11) is 1.85. The number of hydrogen-bond donors (Lipinski definition) is 0. The number of halogens is 1. The van der Waals surface area contributed by atoms with E-state index in [1.807, 2.05) is 38.2 Å². The minimum absolute atomic E-state index is 0.204. The Kier molecular flexibility index (Phi) is 7.56. The molecule has 0 aliphatic heterocycles. The Bertz CT molecular complexity index is 378. The Labute approximate surface area is 124 Å². The van der Waals surface area contributed by atoms with E-state index in [9.17, 15) is 4.79 Å². The van der Waals surface area contributed by atoms with Crippen LogP contribution in [0.5, 0.6) is 5.75 Å². The molecule has 0 atom stereocenters. The fourth-order valence-electron chi connectivity index (χ4n) is 1.78. The summed E-state index contributed by atoms with van der Waals surface area (Å²) in [5, 5.41) is 0.961. The lowest BCUT2D eigenvalue weighted by atomic mass is 10.2. The van der Waals surface area contributed by atoms with Gasteiger partial charge < -0.3 is 9.64 Å². The summed E-state index contributed by atoms with van der Waals surface area (Å²) in [5.74, 6) is 1.08. The van der Waals surface area contributed by atoms with E-state index >= 15 is 0 Å². The van der Waals surface area contributed by atoms with E-state index in [2.05, 4.69) is 15.9 Å². The third-order valence-electron chi connectivity index (χ3n) is 2.85. The van der Waals surface area contributed by atoms with E-state index in [0.29, 0.717) is 19.6 Å². The summed E-state index contributed by atoms with van der Waals surface area (Å²) in [6, 6.07) is 7.91. The number of carbonyl (C=O) groups excluding carboxylic acids is 1. The first-order valence-electron chi connectivity index (χ1n) is 6.69. The first kappa shape index (κ1) is 16.0. The van der Waals surface area contributed by atoms with Crippen molar-refractivity contribution >= 4 is 21.8 Å². The Hall–Kier alpha value is -1.03. The topological polar surface area (TPSA) is 29.5 Å². The predicted molar refractivity (Wildman–Crippen MR) is 81.7 cm³/mol. The zero-order chi connectivity index (χ0) is 14.1. The molecule has 0 radical (unpaired) electrons. The average Bonchev–Trinajstić information content (AvgIpc) is 2.41. The number of hydrogen-bond acceptors (Lipinski definition) is 2. The van der Waals surface area contributed by atoms with Gasteiger partial charge in [-0.1, -0.05) is 28.1 Å². The highest BCUT2D eigenvalue weighted by Gasteiger charge is 2.08. The Morgan fingerprint density at radius 1 is 1.26 bits per heavy atom. The minimum atomic E-state index is 0.204. The molecular weight excluding hydrogens is 306 g/mol. The number of nitrogens with zero attached hydrogens (tertiary/aromatic N) is 1. The van der Waals surface area contributed by atoms with Crippen LogP contribution in [0.25, 0.3) is 0 Å². The van der Waals surface area contributed by atoms with E-state index in [1.165, 1.54) is 0 Å².